The van der Waals surface area contributed by atoms with Gasteiger partial charge in [-0.15, -0.1) is 0 Å². The molecule has 8 nitrogen and oxygen atoms in total. The number of nitro benzene ring substituents is 1. The smallest absolute Gasteiger partial charge is 0.344 e. The number of carbonyl (C=O) groups excluding carboxylic acids is 2. The second-order valence-corrected chi connectivity index (χ2v) is 5.57. The Morgan fingerprint density at radius 2 is 1.88 bits per heavy atom. The van der Waals surface area contributed by atoms with Crippen LogP contribution in [0.2, 0.25) is 0 Å². The summed E-state index contributed by atoms with van der Waals surface area (Å²) in [4.78, 5) is 33.7. The van der Waals surface area contributed by atoms with Crippen molar-refractivity contribution < 1.29 is 24.0 Å². The molecule has 0 heterocycles. The fraction of sp³-hybridized carbons (Fsp3) is 0.222. The number of rotatable bonds is 7. The molecule has 2 aromatic rings. The molecule has 0 saturated carbocycles. The Morgan fingerprint density at radius 1 is 1.12 bits per heavy atom. The molecular formula is C18H18N2O6. The van der Waals surface area contributed by atoms with Gasteiger partial charge < -0.3 is 14.8 Å². The van der Waals surface area contributed by atoms with E-state index in [-0.39, 0.29) is 12.3 Å². The molecule has 0 aliphatic rings. The van der Waals surface area contributed by atoms with E-state index in [0.717, 1.165) is 5.56 Å². The number of ether oxygens (including phenoxy) is 2. The van der Waals surface area contributed by atoms with Crippen molar-refractivity contribution in [3.63, 3.8) is 0 Å². The van der Waals surface area contributed by atoms with Gasteiger partial charge in [-0.1, -0.05) is 12.1 Å². The molecule has 8 heteroatoms. The van der Waals surface area contributed by atoms with Gasteiger partial charge in [-0.3, -0.25) is 14.9 Å². The van der Waals surface area contributed by atoms with Crippen LogP contribution in [0.15, 0.2) is 42.5 Å². The molecule has 0 saturated heterocycles. The van der Waals surface area contributed by atoms with Crippen molar-refractivity contribution in [3.8, 4) is 5.75 Å². The fourth-order valence-corrected chi connectivity index (χ4v) is 2.12. The molecule has 136 valence electrons. The normalized spacial score (nSPS) is 10.1. The van der Waals surface area contributed by atoms with E-state index in [4.69, 9.17) is 9.47 Å². The SMILES string of the molecule is Cc1cccc(OCC(=O)OCC(=O)Nc2ccc([N+](=O)[O-])cc2C)c1. The molecule has 2 aromatic carbocycles. The fourth-order valence-electron chi connectivity index (χ4n) is 2.12. The topological polar surface area (TPSA) is 108 Å². The maximum absolute atomic E-state index is 11.8. The lowest BCUT2D eigenvalue weighted by Gasteiger charge is -2.09. The summed E-state index contributed by atoms with van der Waals surface area (Å²) in [5, 5.41) is 13.2. The number of carbonyl (C=O) groups is 2. The van der Waals surface area contributed by atoms with Gasteiger partial charge in [-0.25, -0.2) is 4.79 Å². The average molecular weight is 358 g/mol. The number of esters is 1. The standard InChI is InChI=1S/C18H18N2O6/c1-12-4-3-5-15(8-12)25-11-18(22)26-10-17(21)19-16-7-6-14(20(23)24)9-13(16)2/h3-9H,10-11H2,1-2H3,(H,19,21). The Morgan fingerprint density at radius 3 is 2.54 bits per heavy atom. The molecule has 0 spiro atoms. The maximum atomic E-state index is 11.8. The third-order valence-electron chi connectivity index (χ3n) is 3.41. The van der Waals surface area contributed by atoms with Crippen LogP contribution in [0.1, 0.15) is 11.1 Å². The van der Waals surface area contributed by atoms with Crippen molar-refractivity contribution in [1.29, 1.82) is 0 Å². The van der Waals surface area contributed by atoms with Crippen LogP contribution in [0, 0.1) is 24.0 Å². The number of anilines is 1. The van der Waals surface area contributed by atoms with E-state index in [2.05, 4.69) is 5.32 Å². The average Bonchev–Trinajstić information content (AvgIpc) is 2.60. The summed E-state index contributed by atoms with van der Waals surface area (Å²) in [5.74, 6) is -0.694. The summed E-state index contributed by atoms with van der Waals surface area (Å²) in [6, 6.07) is 11.2. The molecule has 0 bridgehead atoms. The molecule has 2 rings (SSSR count). The van der Waals surface area contributed by atoms with E-state index in [9.17, 15) is 19.7 Å². The highest BCUT2D eigenvalue weighted by Gasteiger charge is 2.12. The minimum absolute atomic E-state index is 0.0692. The Labute approximate surface area is 149 Å². The van der Waals surface area contributed by atoms with Crippen LogP contribution < -0.4 is 10.1 Å². The first-order valence-electron chi connectivity index (χ1n) is 7.75. The summed E-state index contributed by atoms with van der Waals surface area (Å²) in [6.45, 7) is 2.74. The predicted octanol–water partition coefficient (Wildman–Crippen LogP) is 2.77. The van der Waals surface area contributed by atoms with Crippen LogP contribution in [0.5, 0.6) is 5.75 Å². The lowest BCUT2D eigenvalue weighted by Crippen LogP contribution is -2.24. The zero-order valence-corrected chi connectivity index (χ0v) is 14.4. The summed E-state index contributed by atoms with van der Waals surface area (Å²) in [5.41, 5.74) is 1.86. The first kappa shape index (κ1) is 18.9. The number of nitrogens with zero attached hydrogens (tertiary/aromatic N) is 1. The number of hydrogen-bond donors (Lipinski definition) is 1. The third kappa shape index (κ3) is 5.59. The van der Waals surface area contributed by atoms with Crippen LogP contribution in [0.3, 0.4) is 0 Å². The van der Waals surface area contributed by atoms with Crippen molar-refractivity contribution in [3.05, 3.63) is 63.7 Å². The number of nitro groups is 1. The van der Waals surface area contributed by atoms with E-state index in [1.54, 1.807) is 25.1 Å². The summed E-state index contributed by atoms with van der Waals surface area (Å²) >= 11 is 0. The Kier molecular flexibility index (Phi) is 6.26. The van der Waals surface area contributed by atoms with Crippen LogP contribution in [0.4, 0.5) is 11.4 Å². The number of aryl methyl sites for hydroxylation is 2. The molecule has 0 radical (unpaired) electrons. The van der Waals surface area contributed by atoms with E-state index < -0.39 is 23.4 Å². The molecule has 0 fully saturated rings. The summed E-state index contributed by atoms with van der Waals surface area (Å²) in [6.07, 6.45) is 0. The summed E-state index contributed by atoms with van der Waals surface area (Å²) < 4.78 is 10.1. The summed E-state index contributed by atoms with van der Waals surface area (Å²) in [7, 11) is 0. The molecule has 0 aromatic heterocycles. The third-order valence-corrected chi connectivity index (χ3v) is 3.41. The van der Waals surface area contributed by atoms with Crippen molar-refractivity contribution in [2.75, 3.05) is 18.5 Å². The van der Waals surface area contributed by atoms with Gasteiger partial charge in [0.25, 0.3) is 11.6 Å². The van der Waals surface area contributed by atoms with Gasteiger partial charge >= 0.3 is 5.97 Å². The number of hydrogen-bond acceptors (Lipinski definition) is 6. The van der Waals surface area contributed by atoms with Crippen LogP contribution in [-0.4, -0.2) is 30.0 Å². The highest BCUT2D eigenvalue weighted by atomic mass is 16.6. The van der Waals surface area contributed by atoms with Gasteiger partial charge in [0.2, 0.25) is 0 Å². The van der Waals surface area contributed by atoms with Gasteiger partial charge in [0.15, 0.2) is 13.2 Å². The van der Waals surface area contributed by atoms with Crippen LogP contribution >= 0.6 is 0 Å². The quantitative estimate of drug-likeness (QED) is 0.463. The first-order chi connectivity index (χ1) is 12.3. The second-order valence-electron chi connectivity index (χ2n) is 5.57. The zero-order valence-electron chi connectivity index (χ0n) is 14.4. The molecule has 0 aliphatic carbocycles. The van der Waals surface area contributed by atoms with Crippen molar-refractivity contribution in [1.82, 2.24) is 0 Å². The maximum Gasteiger partial charge on any atom is 0.344 e. The van der Waals surface area contributed by atoms with Crippen LogP contribution in [-0.2, 0) is 14.3 Å². The molecular weight excluding hydrogens is 340 g/mol. The minimum Gasteiger partial charge on any atom is -0.482 e. The van der Waals surface area contributed by atoms with Gasteiger partial charge in [-0.05, 0) is 43.2 Å². The number of benzene rings is 2. The van der Waals surface area contributed by atoms with Crippen LogP contribution in [0.25, 0.3) is 0 Å². The molecule has 0 atom stereocenters. The number of non-ortho nitro benzene ring substituents is 1. The molecule has 1 amide bonds. The molecule has 1 N–H and O–H groups in total. The molecule has 26 heavy (non-hydrogen) atoms. The van der Waals surface area contributed by atoms with Crippen molar-refractivity contribution >= 4 is 23.3 Å². The monoisotopic (exact) mass is 358 g/mol. The van der Waals surface area contributed by atoms with Gasteiger partial charge in [0.05, 0.1) is 4.92 Å². The highest BCUT2D eigenvalue weighted by molar-refractivity contribution is 5.93. The Bertz CT molecular complexity index is 834. The predicted molar refractivity (Wildman–Crippen MR) is 94.1 cm³/mol. The zero-order chi connectivity index (χ0) is 19.1. The lowest BCUT2D eigenvalue weighted by molar-refractivity contribution is -0.384. The van der Waals surface area contributed by atoms with E-state index >= 15 is 0 Å². The van der Waals surface area contributed by atoms with Gasteiger partial charge in [-0.2, -0.15) is 0 Å². The van der Waals surface area contributed by atoms with E-state index in [0.29, 0.717) is 17.0 Å². The number of amides is 1. The molecule has 0 unspecified atom stereocenters. The van der Waals surface area contributed by atoms with Crippen molar-refractivity contribution in [2.24, 2.45) is 0 Å². The van der Waals surface area contributed by atoms with E-state index in [1.165, 1.54) is 18.2 Å². The van der Waals surface area contributed by atoms with Gasteiger partial charge in [0, 0.05) is 17.8 Å². The Hall–Kier alpha value is -3.42. The lowest BCUT2D eigenvalue weighted by atomic mass is 10.2. The Balaban J connectivity index is 1.79. The molecule has 0 aliphatic heterocycles. The number of nitrogens with one attached hydrogen (secondary N) is 1. The van der Waals surface area contributed by atoms with E-state index in [1.807, 2.05) is 13.0 Å². The first-order valence-corrected chi connectivity index (χ1v) is 7.75. The highest BCUT2D eigenvalue weighted by Crippen LogP contribution is 2.21. The van der Waals surface area contributed by atoms with Crippen molar-refractivity contribution in [2.45, 2.75) is 13.8 Å². The van der Waals surface area contributed by atoms with Gasteiger partial charge in [0.1, 0.15) is 5.75 Å². The minimum atomic E-state index is -0.679. The second kappa shape index (κ2) is 8.61. The largest absolute Gasteiger partial charge is 0.482 e.